The smallest absolute Gasteiger partial charge is 0.259 e. The number of carbonyl (C=O) groups is 1. The number of nitrogens with one attached hydrogen (secondary N) is 2. The van der Waals surface area contributed by atoms with Crippen molar-refractivity contribution in [2.75, 3.05) is 25.1 Å². The summed E-state index contributed by atoms with van der Waals surface area (Å²) >= 11 is 0. The summed E-state index contributed by atoms with van der Waals surface area (Å²) in [6.45, 7) is 3.50. The Labute approximate surface area is 199 Å². The average Bonchev–Trinajstić information content (AvgIpc) is 3.06. The van der Waals surface area contributed by atoms with E-state index in [9.17, 15) is 13.2 Å². The number of anilines is 1. The van der Waals surface area contributed by atoms with E-state index in [1.165, 1.54) is 12.1 Å². The van der Waals surface area contributed by atoms with Gasteiger partial charge in [0.25, 0.3) is 5.91 Å². The minimum atomic E-state index is -3.66. The summed E-state index contributed by atoms with van der Waals surface area (Å²) in [5.74, 6) is 0.873. The first-order chi connectivity index (χ1) is 16.4. The van der Waals surface area contributed by atoms with Crippen molar-refractivity contribution in [2.24, 2.45) is 7.05 Å². The first kappa shape index (κ1) is 23.8. The Morgan fingerprint density at radius 1 is 1.12 bits per heavy atom. The summed E-state index contributed by atoms with van der Waals surface area (Å²) in [5.41, 5.74) is 1.93. The van der Waals surface area contributed by atoms with Gasteiger partial charge in [0, 0.05) is 37.5 Å². The third-order valence-electron chi connectivity index (χ3n) is 5.32. The predicted molar refractivity (Wildman–Crippen MR) is 129 cm³/mol. The van der Waals surface area contributed by atoms with Crippen LogP contribution in [-0.4, -0.2) is 43.9 Å². The van der Waals surface area contributed by atoms with E-state index in [4.69, 9.17) is 9.47 Å². The Morgan fingerprint density at radius 2 is 1.91 bits per heavy atom. The molecular formula is C24H28N4O5S. The van der Waals surface area contributed by atoms with Crippen LogP contribution in [0.5, 0.6) is 11.5 Å². The van der Waals surface area contributed by atoms with E-state index in [1.54, 1.807) is 30.1 Å². The van der Waals surface area contributed by atoms with Crippen LogP contribution in [0.2, 0.25) is 0 Å². The van der Waals surface area contributed by atoms with Gasteiger partial charge in [0.15, 0.2) is 11.5 Å². The molecule has 34 heavy (non-hydrogen) atoms. The van der Waals surface area contributed by atoms with Crippen LogP contribution in [0.25, 0.3) is 11.3 Å². The summed E-state index contributed by atoms with van der Waals surface area (Å²) in [5, 5.41) is 7.26. The molecule has 2 heterocycles. The van der Waals surface area contributed by atoms with E-state index in [2.05, 4.69) is 15.1 Å². The van der Waals surface area contributed by atoms with Gasteiger partial charge in [-0.1, -0.05) is 19.4 Å². The Balaban J connectivity index is 1.57. The number of hydrogen-bond donors (Lipinski definition) is 2. The van der Waals surface area contributed by atoms with E-state index in [-0.39, 0.29) is 4.90 Å². The van der Waals surface area contributed by atoms with Crippen molar-refractivity contribution in [3.8, 4) is 22.8 Å². The molecule has 0 bridgehead atoms. The highest BCUT2D eigenvalue weighted by Crippen LogP contribution is 2.35. The first-order valence-corrected chi connectivity index (χ1v) is 12.7. The molecule has 0 radical (unpaired) electrons. The van der Waals surface area contributed by atoms with Crippen LogP contribution in [0.15, 0.2) is 53.6 Å². The molecular weight excluding hydrogens is 456 g/mol. The van der Waals surface area contributed by atoms with Crippen molar-refractivity contribution in [3.05, 3.63) is 54.2 Å². The van der Waals surface area contributed by atoms with Crippen molar-refractivity contribution in [3.63, 3.8) is 0 Å². The lowest BCUT2D eigenvalue weighted by atomic mass is 10.1. The second-order valence-electron chi connectivity index (χ2n) is 8.01. The highest BCUT2D eigenvalue weighted by atomic mass is 32.2. The normalized spacial score (nSPS) is 13.4. The molecule has 0 fully saturated rings. The molecule has 1 aliphatic rings. The Hall–Kier alpha value is -3.37. The number of carbonyl (C=O) groups excluding carboxylic acids is 1. The topological polar surface area (TPSA) is 112 Å². The van der Waals surface area contributed by atoms with Crippen LogP contribution in [0.4, 0.5) is 5.69 Å². The minimum Gasteiger partial charge on any atom is -0.490 e. The number of sulfonamides is 1. The quantitative estimate of drug-likeness (QED) is 0.473. The summed E-state index contributed by atoms with van der Waals surface area (Å²) in [6.07, 6.45) is 4.06. The third-order valence-corrected chi connectivity index (χ3v) is 6.78. The number of amides is 1. The van der Waals surface area contributed by atoms with E-state index >= 15 is 0 Å². The van der Waals surface area contributed by atoms with Gasteiger partial charge < -0.3 is 14.8 Å². The molecule has 0 unspecified atom stereocenters. The molecule has 180 valence electrons. The molecule has 1 aromatic heterocycles. The zero-order valence-corrected chi connectivity index (χ0v) is 20.0. The molecule has 0 saturated carbocycles. The van der Waals surface area contributed by atoms with E-state index < -0.39 is 15.9 Å². The van der Waals surface area contributed by atoms with E-state index in [0.717, 1.165) is 19.3 Å². The molecule has 0 spiro atoms. The van der Waals surface area contributed by atoms with Gasteiger partial charge in [-0.15, -0.1) is 0 Å². The molecule has 9 nitrogen and oxygen atoms in total. The fourth-order valence-corrected chi connectivity index (χ4v) is 4.70. The maximum Gasteiger partial charge on any atom is 0.259 e. The highest BCUT2D eigenvalue weighted by Gasteiger charge is 2.21. The largest absolute Gasteiger partial charge is 0.490 e. The van der Waals surface area contributed by atoms with Crippen LogP contribution >= 0.6 is 0 Å². The van der Waals surface area contributed by atoms with Gasteiger partial charge in [-0.3, -0.25) is 9.48 Å². The molecule has 1 amide bonds. The Bertz CT molecular complexity index is 1290. The number of aromatic nitrogens is 2. The molecule has 2 N–H and O–H groups in total. The highest BCUT2D eigenvalue weighted by molar-refractivity contribution is 7.89. The lowest BCUT2D eigenvalue weighted by Gasteiger charge is -2.10. The van der Waals surface area contributed by atoms with Gasteiger partial charge in [-0.2, -0.15) is 5.10 Å². The van der Waals surface area contributed by atoms with Crippen molar-refractivity contribution in [1.82, 2.24) is 14.5 Å². The molecule has 0 atom stereocenters. The second-order valence-corrected chi connectivity index (χ2v) is 9.78. The molecule has 2 aromatic carbocycles. The number of unbranched alkanes of at least 4 members (excludes halogenated alkanes) is 1. The van der Waals surface area contributed by atoms with Crippen molar-refractivity contribution >= 4 is 21.6 Å². The summed E-state index contributed by atoms with van der Waals surface area (Å²) in [6, 6.07) is 11.6. The fraction of sp³-hybridized carbons (Fsp3) is 0.333. The first-order valence-electron chi connectivity index (χ1n) is 11.2. The summed E-state index contributed by atoms with van der Waals surface area (Å²) < 4.78 is 40.7. The SMILES string of the molecule is CCCCNS(=O)(=O)c1cccc(NC(=O)c2cn(C)nc2-c2ccc3c(c2)OCCCO3)c1. The molecule has 10 heteroatoms. The second kappa shape index (κ2) is 10.3. The van der Waals surface area contributed by atoms with Gasteiger partial charge in [0.05, 0.1) is 23.7 Å². The number of nitrogens with zero attached hydrogens (tertiary/aromatic N) is 2. The summed E-state index contributed by atoms with van der Waals surface area (Å²) in [4.78, 5) is 13.2. The van der Waals surface area contributed by atoms with Gasteiger partial charge in [0.2, 0.25) is 10.0 Å². The fourth-order valence-electron chi connectivity index (χ4n) is 3.58. The van der Waals surface area contributed by atoms with Crippen molar-refractivity contribution in [1.29, 1.82) is 0 Å². The predicted octanol–water partition coefficient (Wildman–Crippen LogP) is 3.58. The van der Waals surface area contributed by atoms with E-state index in [1.807, 2.05) is 25.1 Å². The number of fused-ring (bicyclic) bond motifs is 1. The molecule has 0 aliphatic carbocycles. The van der Waals surface area contributed by atoms with Crippen molar-refractivity contribution < 1.29 is 22.7 Å². The lowest BCUT2D eigenvalue weighted by molar-refractivity contribution is 0.102. The maximum absolute atomic E-state index is 13.2. The maximum atomic E-state index is 13.2. The zero-order chi connectivity index (χ0) is 24.1. The number of ether oxygens (including phenoxy) is 2. The van der Waals surface area contributed by atoms with Gasteiger partial charge in [-0.25, -0.2) is 13.1 Å². The van der Waals surface area contributed by atoms with Crippen LogP contribution in [0.1, 0.15) is 36.5 Å². The third kappa shape index (κ3) is 5.40. The van der Waals surface area contributed by atoms with Crippen LogP contribution in [-0.2, 0) is 17.1 Å². The molecule has 0 saturated heterocycles. The Kier molecular flexibility index (Phi) is 7.18. The monoisotopic (exact) mass is 484 g/mol. The summed E-state index contributed by atoms with van der Waals surface area (Å²) in [7, 11) is -1.92. The molecule has 3 aromatic rings. The average molecular weight is 485 g/mol. The Morgan fingerprint density at radius 3 is 2.71 bits per heavy atom. The van der Waals surface area contributed by atoms with Gasteiger partial charge in [-0.05, 0) is 42.8 Å². The number of hydrogen-bond acceptors (Lipinski definition) is 6. The molecule has 1 aliphatic heterocycles. The zero-order valence-electron chi connectivity index (χ0n) is 19.2. The van der Waals surface area contributed by atoms with Crippen LogP contribution < -0.4 is 19.5 Å². The standard InChI is InChI=1S/C24H28N4O5S/c1-3-4-11-25-34(30,31)19-8-5-7-18(15-19)26-24(29)20-16-28(2)27-23(20)17-9-10-21-22(14-17)33-13-6-12-32-21/h5,7-10,14-16,25H,3-4,6,11-13H2,1-2H3,(H,26,29). The van der Waals surface area contributed by atoms with Crippen LogP contribution in [0, 0.1) is 0 Å². The molecule has 4 rings (SSSR count). The van der Waals surface area contributed by atoms with Crippen molar-refractivity contribution in [2.45, 2.75) is 31.1 Å². The van der Waals surface area contributed by atoms with Gasteiger partial charge in [0.1, 0.15) is 5.69 Å². The van der Waals surface area contributed by atoms with E-state index in [0.29, 0.717) is 53.8 Å². The number of benzene rings is 2. The lowest BCUT2D eigenvalue weighted by Crippen LogP contribution is -2.24. The minimum absolute atomic E-state index is 0.0933. The van der Waals surface area contributed by atoms with Crippen LogP contribution in [0.3, 0.4) is 0 Å². The number of rotatable bonds is 8. The van der Waals surface area contributed by atoms with Gasteiger partial charge >= 0.3 is 0 Å². The number of aryl methyl sites for hydroxylation is 1.